The standard InChI is InChI=1S/C19H21NO6S/c1-12(18(21)20-15-7-8-27(23,24)11-15)26-19(22)16-9-13-5-3-4-6-14(13)10-17(16)25-2/h3-6,9-10,12,15H,7-8,11H2,1-2H3,(H,20,21)/t12-,15+/m1/s1. The third-order valence-corrected chi connectivity index (χ3v) is 6.29. The molecular weight excluding hydrogens is 370 g/mol. The summed E-state index contributed by atoms with van der Waals surface area (Å²) in [5.74, 6) is -0.879. The van der Waals surface area contributed by atoms with Gasteiger partial charge in [0.15, 0.2) is 15.9 Å². The highest BCUT2D eigenvalue weighted by molar-refractivity contribution is 7.91. The molecule has 1 fully saturated rings. The van der Waals surface area contributed by atoms with Gasteiger partial charge in [0.25, 0.3) is 5.91 Å². The molecule has 1 amide bonds. The van der Waals surface area contributed by atoms with Crippen molar-refractivity contribution in [2.75, 3.05) is 18.6 Å². The van der Waals surface area contributed by atoms with Crippen LogP contribution in [0, 0.1) is 0 Å². The maximum absolute atomic E-state index is 12.5. The van der Waals surface area contributed by atoms with Gasteiger partial charge in [-0.1, -0.05) is 24.3 Å². The molecule has 0 bridgehead atoms. The Kier molecular flexibility index (Phi) is 5.36. The number of sulfone groups is 1. The lowest BCUT2D eigenvalue weighted by Crippen LogP contribution is -2.42. The van der Waals surface area contributed by atoms with Crippen LogP contribution < -0.4 is 10.1 Å². The summed E-state index contributed by atoms with van der Waals surface area (Å²) in [7, 11) is -1.65. The van der Waals surface area contributed by atoms with Crippen LogP contribution in [0.15, 0.2) is 36.4 Å². The number of fused-ring (bicyclic) bond motifs is 1. The molecule has 0 saturated carbocycles. The predicted octanol–water partition coefficient (Wildman–Crippen LogP) is 1.70. The molecule has 7 nitrogen and oxygen atoms in total. The number of carbonyl (C=O) groups excluding carboxylic acids is 2. The highest BCUT2D eigenvalue weighted by Gasteiger charge is 2.31. The number of esters is 1. The number of methoxy groups -OCH3 is 1. The molecule has 3 rings (SSSR count). The molecule has 2 aromatic rings. The van der Waals surface area contributed by atoms with Crippen LogP contribution in [0.1, 0.15) is 23.7 Å². The van der Waals surface area contributed by atoms with E-state index in [0.29, 0.717) is 12.2 Å². The maximum atomic E-state index is 12.5. The molecule has 1 saturated heterocycles. The van der Waals surface area contributed by atoms with Gasteiger partial charge in [-0.05, 0) is 36.2 Å². The van der Waals surface area contributed by atoms with Crippen molar-refractivity contribution in [3.63, 3.8) is 0 Å². The third-order valence-electron chi connectivity index (χ3n) is 4.52. The summed E-state index contributed by atoms with van der Waals surface area (Å²) in [6.45, 7) is 1.45. The predicted molar refractivity (Wildman–Crippen MR) is 101 cm³/mol. The minimum atomic E-state index is -3.10. The number of rotatable bonds is 5. The second-order valence-electron chi connectivity index (χ2n) is 6.56. The molecule has 0 spiro atoms. The van der Waals surface area contributed by atoms with E-state index in [-0.39, 0.29) is 17.1 Å². The van der Waals surface area contributed by atoms with Crippen LogP contribution in [0.4, 0.5) is 0 Å². The molecule has 2 aromatic carbocycles. The lowest BCUT2D eigenvalue weighted by molar-refractivity contribution is -0.129. The molecule has 2 atom stereocenters. The monoisotopic (exact) mass is 391 g/mol. The van der Waals surface area contributed by atoms with Gasteiger partial charge in [-0.15, -0.1) is 0 Å². The second-order valence-corrected chi connectivity index (χ2v) is 8.78. The van der Waals surface area contributed by atoms with E-state index in [1.165, 1.54) is 14.0 Å². The highest BCUT2D eigenvalue weighted by Crippen LogP contribution is 2.27. The van der Waals surface area contributed by atoms with Crippen LogP contribution >= 0.6 is 0 Å². The lowest BCUT2D eigenvalue weighted by atomic mass is 10.1. The first-order valence-corrected chi connectivity index (χ1v) is 10.4. The van der Waals surface area contributed by atoms with Crippen molar-refractivity contribution in [3.8, 4) is 5.75 Å². The number of nitrogens with one attached hydrogen (secondary N) is 1. The normalized spacial score (nSPS) is 19.4. The minimum Gasteiger partial charge on any atom is -0.496 e. The summed E-state index contributed by atoms with van der Waals surface area (Å²) < 4.78 is 33.5. The zero-order valence-electron chi connectivity index (χ0n) is 15.1. The average molecular weight is 391 g/mol. The van der Waals surface area contributed by atoms with Crippen LogP contribution in [-0.4, -0.2) is 51.1 Å². The summed E-state index contributed by atoms with van der Waals surface area (Å²) >= 11 is 0. The number of carbonyl (C=O) groups is 2. The molecule has 0 radical (unpaired) electrons. The zero-order chi connectivity index (χ0) is 19.6. The molecule has 0 aliphatic carbocycles. The van der Waals surface area contributed by atoms with E-state index in [4.69, 9.17) is 9.47 Å². The Morgan fingerprint density at radius 1 is 1.19 bits per heavy atom. The molecule has 8 heteroatoms. The first-order valence-electron chi connectivity index (χ1n) is 8.57. The summed E-state index contributed by atoms with van der Waals surface area (Å²) in [6, 6.07) is 10.5. The fourth-order valence-electron chi connectivity index (χ4n) is 3.05. The van der Waals surface area contributed by atoms with Gasteiger partial charge in [0.05, 0.1) is 18.6 Å². The van der Waals surface area contributed by atoms with Crippen LogP contribution in [0.2, 0.25) is 0 Å². The van der Waals surface area contributed by atoms with Gasteiger partial charge in [0.2, 0.25) is 0 Å². The molecule has 1 N–H and O–H groups in total. The van der Waals surface area contributed by atoms with E-state index >= 15 is 0 Å². The fraction of sp³-hybridized carbons (Fsp3) is 0.368. The SMILES string of the molecule is COc1cc2ccccc2cc1C(=O)O[C@H](C)C(=O)N[C@H]1CCS(=O)(=O)C1. The molecule has 0 aromatic heterocycles. The van der Waals surface area contributed by atoms with Crippen LogP contribution in [-0.2, 0) is 19.4 Å². The van der Waals surface area contributed by atoms with Crippen LogP contribution in [0.3, 0.4) is 0 Å². The lowest BCUT2D eigenvalue weighted by Gasteiger charge is -2.17. The molecule has 1 heterocycles. The van der Waals surface area contributed by atoms with Gasteiger partial charge in [-0.3, -0.25) is 4.79 Å². The van der Waals surface area contributed by atoms with Gasteiger partial charge >= 0.3 is 5.97 Å². The van der Waals surface area contributed by atoms with Crippen molar-refractivity contribution >= 4 is 32.5 Å². The van der Waals surface area contributed by atoms with Crippen molar-refractivity contribution in [1.29, 1.82) is 0 Å². The molecule has 1 aliphatic heterocycles. The van der Waals surface area contributed by atoms with Crippen molar-refractivity contribution in [2.24, 2.45) is 0 Å². The fourth-order valence-corrected chi connectivity index (χ4v) is 4.73. The number of ether oxygens (including phenoxy) is 2. The molecule has 0 unspecified atom stereocenters. The van der Waals surface area contributed by atoms with Crippen molar-refractivity contribution in [2.45, 2.75) is 25.5 Å². The highest BCUT2D eigenvalue weighted by atomic mass is 32.2. The molecule has 27 heavy (non-hydrogen) atoms. The number of amides is 1. The summed E-state index contributed by atoms with van der Waals surface area (Å²) in [6.07, 6.45) is -0.690. The zero-order valence-corrected chi connectivity index (χ0v) is 15.9. The van der Waals surface area contributed by atoms with E-state index in [0.717, 1.165) is 10.8 Å². The van der Waals surface area contributed by atoms with Crippen LogP contribution in [0.5, 0.6) is 5.75 Å². The Hall–Kier alpha value is -2.61. The van der Waals surface area contributed by atoms with Crippen molar-refractivity contribution in [3.05, 3.63) is 42.0 Å². The summed E-state index contributed by atoms with van der Waals surface area (Å²) in [5, 5.41) is 4.38. The Balaban J connectivity index is 1.71. The van der Waals surface area contributed by atoms with E-state index in [9.17, 15) is 18.0 Å². The van der Waals surface area contributed by atoms with E-state index in [1.807, 2.05) is 24.3 Å². The van der Waals surface area contributed by atoms with Gasteiger partial charge in [-0.25, -0.2) is 13.2 Å². The van der Waals surface area contributed by atoms with Crippen molar-refractivity contribution in [1.82, 2.24) is 5.32 Å². The Bertz CT molecular complexity index is 985. The average Bonchev–Trinajstić information content (AvgIpc) is 2.98. The van der Waals surface area contributed by atoms with E-state index in [1.54, 1.807) is 12.1 Å². The van der Waals surface area contributed by atoms with Gasteiger partial charge in [0.1, 0.15) is 11.3 Å². The Labute approximate surface area is 157 Å². The molecule has 144 valence electrons. The van der Waals surface area contributed by atoms with Gasteiger partial charge in [-0.2, -0.15) is 0 Å². The number of hydrogen-bond acceptors (Lipinski definition) is 6. The molecular formula is C19H21NO6S. The Morgan fingerprint density at radius 3 is 2.44 bits per heavy atom. The van der Waals surface area contributed by atoms with Crippen LogP contribution in [0.25, 0.3) is 10.8 Å². The summed E-state index contributed by atoms with van der Waals surface area (Å²) in [5.41, 5.74) is 0.222. The summed E-state index contributed by atoms with van der Waals surface area (Å²) in [4.78, 5) is 24.8. The van der Waals surface area contributed by atoms with Gasteiger partial charge in [0, 0.05) is 6.04 Å². The van der Waals surface area contributed by atoms with Gasteiger partial charge < -0.3 is 14.8 Å². The quantitative estimate of drug-likeness (QED) is 0.779. The topological polar surface area (TPSA) is 98.8 Å². The largest absolute Gasteiger partial charge is 0.496 e. The second kappa shape index (κ2) is 7.56. The first kappa shape index (κ1) is 19.2. The molecule has 1 aliphatic rings. The smallest absolute Gasteiger partial charge is 0.342 e. The number of hydrogen-bond donors (Lipinski definition) is 1. The third kappa shape index (κ3) is 4.39. The van der Waals surface area contributed by atoms with E-state index < -0.39 is 33.9 Å². The van der Waals surface area contributed by atoms with Crippen molar-refractivity contribution < 1.29 is 27.5 Å². The Morgan fingerprint density at radius 2 is 1.85 bits per heavy atom. The van der Waals surface area contributed by atoms with E-state index in [2.05, 4.69) is 5.32 Å². The first-order chi connectivity index (χ1) is 12.8. The minimum absolute atomic E-state index is 0.0560. The number of benzene rings is 2. The maximum Gasteiger partial charge on any atom is 0.342 e.